The van der Waals surface area contributed by atoms with Crippen LogP contribution in [0.5, 0.6) is 0 Å². The topological polar surface area (TPSA) is 48.0 Å². The van der Waals surface area contributed by atoms with Gasteiger partial charge in [0.1, 0.15) is 5.76 Å². The zero-order valence-corrected chi connectivity index (χ0v) is 13.2. The highest BCUT2D eigenvalue weighted by molar-refractivity contribution is 7.99. The van der Waals surface area contributed by atoms with Gasteiger partial charge in [-0.3, -0.25) is 9.36 Å². The number of rotatable bonds is 5. The van der Waals surface area contributed by atoms with Gasteiger partial charge in [-0.2, -0.15) is 0 Å². The number of nitrogens with zero attached hydrogens (tertiary/aromatic N) is 2. The van der Waals surface area contributed by atoms with E-state index >= 15 is 0 Å². The maximum Gasteiger partial charge on any atom is 0.262 e. The minimum Gasteiger partial charge on any atom is -0.467 e. The summed E-state index contributed by atoms with van der Waals surface area (Å²) in [5, 5.41) is 1.72. The summed E-state index contributed by atoms with van der Waals surface area (Å²) in [4.78, 5) is 17.3. The molecule has 0 aliphatic carbocycles. The van der Waals surface area contributed by atoms with E-state index in [1.54, 1.807) is 41.2 Å². The normalized spacial score (nSPS) is 11.0. The highest BCUT2D eigenvalue weighted by Gasteiger charge is 2.13. The largest absolute Gasteiger partial charge is 0.467 e. The summed E-state index contributed by atoms with van der Waals surface area (Å²) in [6.07, 6.45) is 3.36. The SMILES string of the molecule is C=CCSc1nc2cc(Cl)ccc2c(=O)n1Cc1ccco1. The molecule has 0 amide bonds. The minimum absolute atomic E-state index is 0.107. The number of fused-ring (bicyclic) bond motifs is 1. The molecule has 0 spiro atoms. The summed E-state index contributed by atoms with van der Waals surface area (Å²) in [6, 6.07) is 8.73. The van der Waals surface area contributed by atoms with Gasteiger partial charge in [-0.25, -0.2) is 4.98 Å². The van der Waals surface area contributed by atoms with Crippen LogP contribution < -0.4 is 5.56 Å². The Morgan fingerprint density at radius 2 is 2.27 bits per heavy atom. The third-order valence-corrected chi connectivity index (χ3v) is 4.31. The van der Waals surface area contributed by atoms with Crippen molar-refractivity contribution in [2.45, 2.75) is 11.7 Å². The number of aromatic nitrogens is 2. The molecule has 3 aromatic rings. The van der Waals surface area contributed by atoms with E-state index in [4.69, 9.17) is 16.0 Å². The summed E-state index contributed by atoms with van der Waals surface area (Å²) in [6.45, 7) is 4.05. The lowest BCUT2D eigenvalue weighted by atomic mass is 10.2. The van der Waals surface area contributed by atoms with E-state index in [0.29, 0.717) is 39.1 Å². The Kier molecular flexibility index (Phi) is 4.36. The van der Waals surface area contributed by atoms with Crippen molar-refractivity contribution in [3.8, 4) is 0 Å². The number of thioether (sulfide) groups is 1. The van der Waals surface area contributed by atoms with Gasteiger partial charge in [0.05, 0.1) is 23.7 Å². The molecule has 0 bridgehead atoms. The predicted molar refractivity (Wildman–Crippen MR) is 89.7 cm³/mol. The first-order valence-electron chi connectivity index (χ1n) is 6.65. The fourth-order valence-electron chi connectivity index (χ4n) is 2.12. The van der Waals surface area contributed by atoms with Crippen molar-refractivity contribution in [2.75, 3.05) is 5.75 Å². The van der Waals surface area contributed by atoms with E-state index in [2.05, 4.69) is 11.6 Å². The van der Waals surface area contributed by atoms with E-state index in [9.17, 15) is 4.79 Å². The van der Waals surface area contributed by atoms with E-state index in [1.165, 1.54) is 11.8 Å². The van der Waals surface area contributed by atoms with Crippen LogP contribution in [0.2, 0.25) is 5.02 Å². The first-order chi connectivity index (χ1) is 10.7. The van der Waals surface area contributed by atoms with Crippen LogP contribution in [0, 0.1) is 0 Å². The third-order valence-electron chi connectivity index (χ3n) is 3.11. The molecule has 0 aliphatic heterocycles. The minimum atomic E-state index is -0.107. The lowest BCUT2D eigenvalue weighted by Gasteiger charge is -2.11. The molecule has 0 saturated carbocycles. The molecule has 3 rings (SSSR count). The van der Waals surface area contributed by atoms with Crippen molar-refractivity contribution in [1.29, 1.82) is 0 Å². The molecule has 0 fully saturated rings. The van der Waals surface area contributed by atoms with Crippen LogP contribution >= 0.6 is 23.4 Å². The lowest BCUT2D eigenvalue weighted by molar-refractivity contribution is 0.476. The third kappa shape index (κ3) is 2.96. The summed E-state index contributed by atoms with van der Waals surface area (Å²) < 4.78 is 6.96. The molecule has 4 nitrogen and oxygen atoms in total. The Morgan fingerprint density at radius 1 is 1.41 bits per heavy atom. The van der Waals surface area contributed by atoms with Crippen molar-refractivity contribution >= 4 is 34.3 Å². The Morgan fingerprint density at radius 3 is 3.00 bits per heavy atom. The standard InChI is InChI=1S/C16H13ClN2O2S/c1-2-8-22-16-18-14-9-11(17)5-6-13(14)15(20)19(16)10-12-4-3-7-21-12/h2-7,9H,1,8,10H2. The summed E-state index contributed by atoms with van der Waals surface area (Å²) in [7, 11) is 0. The second-order valence-corrected chi connectivity index (χ2v) is 6.05. The Labute approximate surface area is 136 Å². The van der Waals surface area contributed by atoms with E-state index < -0.39 is 0 Å². The van der Waals surface area contributed by atoms with Crippen molar-refractivity contribution in [3.05, 3.63) is 70.4 Å². The lowest BCUT2D eigenvalue weighted by Crippen LogP contribution is -2.23. The Hall–Kier alpha value is -1.98. The molecule has 0 saturated heterocycles. The maximum absolute atomic E-state index is 12.7. The smallest absolute Gasteiger partial charge is 0.262 e. The zero-order valence-electron chi connectivity index (χ0n) is 11.7. The van der Waals surface area contributed by atoms with Crippen LogP contribution in [0.25, 0.3) is 10.9 Å². The zero-order chi connectivity index (χ0) is 15.5. The molecule has 6 heteroatoms. The van der Waals surface area contributed by atoms with Crippen LogP contribution in [0.4, 0.5) is 0 Å². The average Bonchev–Trinajstić information content (AvgIpc) is 3.01. The molecule has 0 aliphatic rings. The molecular formula is C16H13ClN2O2S. The maximum atomic E-state index is 12.7. The quantitative estimate of drug-likeness (QED) is 0.403. The molecule has 0 atom stereocenters. The van der Waals surface area contributed by atoms with Gasteiger partial charge in [-0.1, -0.05) is 29.4 Å². The van der Waals surface area contributed by atoms with E-state index in [0.717, 1.165) is 0 Å². The van der Waals surface area contributed by atoms with Gasteiger partial charge in [-0.05, 0) is 30.3 Å². The number of hydrogen-bond donors (Lipinski definition) is 0. The van der Waals surface area contributed by atoms with Gasteiger partial charge < -0.3 is 4.42 Å². The van der Waals surface area contributed by atoms with Crippen molar-refractivity contribution < 1.29 is 4.42 Å². The fourth-order valence-corrected chi connectivity index (χ4v) is 3.01. The van der Waals surface area contributed by atoms with Crippen molar-refractivity contribution in [3.63, 3.8) is 0 Å². The summed E-state index contributed by atoms with van der Waals surface area (Å²) in [5.74, 6) is 1.37. The first-order valence-corrected chi connectivity index (χ1v) is 8.01. The average molecular weight is 333 g/mol. The van der Waals surface area contributed by atoms with Crippen LogP contribution in [0.15, 0.2) is 63.6 Å². The Bertz CT molecular complexity index is 872. The first kappa shape index (κ1) is 14.9. The van der Waals surface area contributed by atoms with Gasteiger partial charge in [0.25, 0.3) is 5.56 Å². The van der Waals surface area contributed by atoms with Gasteiger partial charge in [0.2, 0.25) is 0 Å². The second-order valence-electron chi connectivity index (χ2n) is 4.63. The van der Waals surface area contributed by atoms with E-state index in [-0.39, 0.29) is 5.56 Å². The van der Waals surface area contributed by atoms with Crippen LogP contribution in [-0.2, 0) is 6.54 Å². The highest BCUT2D eigenvalue weighted by Crippen LogP contribution is 2.21. The molecule has 0 N–H and O–H groups in total. The van der Waals surface area contributed by atoms with Crippen molar-refractivity contribution in [2.24, 2.45) is 0 Å². The number of hydrogen-bond acceptors (Lipinski definition) is 4. The van der Waals surface area contributed by atoms with Gasteiger partial charge >= 0.3 is 0 Å². The summed E-state index contributed by atoms with van der Waals surface area (Å²) >= 11 is 7.45. The molecule has 2 aromatic heterocycles. The van der Waals surface area contributed by atoms with Gasteiger partial charge in [0.15, 0.2) is 5.16 Å². The predicted octanol–water partition coefficient (Wildman–Crippen LogP) is 3.97. The number of furan rings is 1. The molecule has 22 heavy (non-hydrogen) atoms. The number of benzene rings is 1. The molecule has 0 radical (unpaired) electrons. The number of halogens is 1. The molecule has 2 heterocycles. The monoisotopic (exact) mass is 332 g/mol. The molecule has 112 valence electrons. The highest BCUT2D eigenvalue weighted by atomic mass is 35.5. The van der Waals surface area contributed by atoms with Crippen LogP contribution in [0.1, 0.15) is 5.76 Å². The Balaban J connectivity index is 2.17. The van der Waals surface area contributed by atoms with Gasteiger partial charge in [0, 0.05) is 10.8 Å². The summed E-state index contributed by atoms with van der Waals surface area (Å²) in [5.41, 5.74) is 0.490. The molecule has 0 unspecified atom stereocenters. The molecule has 1 aromatic carbocycles. The molecular weight excluding hydrogens is 320 g/mol. The van der Waals surface area contributed by atoms with Crippen molar-refractivity contribution in [1.82, 2.24) is 9.55 Å². The van der Waals surface area contributed by atoms with Crippen LogP contribution in [0.3, 0.4) is 0 Å². The van der Waals surface area contributed by atoms with E-state index in [1.807, 2.05) is 6.07 Å². The fraction of sp³-hybridized carbons (Fsp3) is 0.125. The van der Waals surface area contributed by atoms with Crippen LogP contribution in [-0.4, -0.2) is 15.3 Å². The van der Waals surface area contributed by atoms with Gasteiger partial charge in [-0.15, -0.1) is 6.58 Å². The second kappa shape index (κ2) is 6.42.